The molecule has 0 fully saturated rings. The number of phenolic OH excluding ortho intramolecular Hbond substituents is 1. The smallest absolute Gasteiger partial charge is 0.241 e. The minimum absolute atomic E-state index is 0.000570. The number of fused-ring (bicyclic) bond motifs is 1. The second-order valence-electron chi connectivity index (χ2n) is 5.06. The van der Waals surface area contributed by atoms with Crippen molar-refractivity contribution in [1.82, 2.24) is 5.32 Å². The molecule has 0 saturated carbocycles. The highest BCUT2D eigenvalue weighted by atomic mass is 35.5. The number of nitrogens with one attached hydrogen (secondary N) is 2. The third-order valence-corrected chi connectivity index (χ3v) is 3.92. The van der Waals surface area contributed by atoms with Gasteiger partial charge in [-0.15, -0.1) is 0 Å². The Morgan fingerprint density at radius 2 is 2.00 bits per heavy atom. The van der Waals surface area contributed by atoms with Gasteiger partial charge in [0.25, 0.3) is 0 Å². The van der Waals surface area contributed by atoms with Gasteiger partial charge in [-0.2, -0.15) is 0 Å². The van der Waals surface area contributed by atoms with E-state index in [1.54, 1.807) is 6.07 Å². The zero-order valence-electron chi connectivity index (χ0n) is 11.3. The summed E-state index contributed by atoms with van der Waals surface area (Å²) in [6.45, 7) is 0.685. The number of aromatic hydroxyl groups is 1. The first-order chi connectivity index (χ1) is 10.1. The van der Waals surface area contributed by atoms with E-state index in [9.17, 15) is 9.90 Å². The van der Waals surface area contributed by atoms with Crippen LogP contribution >= 0.6 is 11.6 Å². The summed E-state index contributed by atoms with van der Waals surface area (Å²) in [6, 6.07) is 12.4. The molecule has 0 aliphatic carbocycles. The zero-order valence-corrected chi connectivity index (χ0v) is 12.0. The van der Waals surface area contributed by atoms with Crippen molar-refractivity contribution in [2.45, 2.75) is 19.0 Å². The average Bonchev–Trinajstić information content (AvgIpc) is 2.50. The minimum atomic E-state index is -0.271. The maximum absolute atomic E-state index is 12.3. The van der Waals surface area contributed by atoms with Crippen molar-refractivity contribution in [2.24, 2.45) is 0 Å². The van der Waals surface area contributed by atoms with Gasteiger partial charge in [-0.25, -0.2) is 0 Å². The molecule has 0 unspecified atom stereocenters. The predicted octanol–water partition coefficient (Wildman–Crippen LogP) is 2.70. The fourth-order valence-corrected chi connectivity index (χ4v) is 2.63. The first kappa shape index (κ1) is 13.9. The van der Waals surface area contributed by atoms with Gasteiger partial charge < -0.3 is 15.7 Å². The molecule has 0 radical (unpaired) electrons. The lowest BCUT2D eigenvalue weighted by Crippen LogP contribution is -2.44. The van der Waals surface area contributed by atoms with Crippen molar-refractivity contribution in [3.8, 4) is 5.75 Å². The zero-order chi connectivity index (χ0) is 14.8. The number of carbonyl (C=O) groups excluding carboxylic acids is 1. The Hall–Kier alpha value is -2.04. The molecule has 1 heterocycles. The number of phenols is 1. The van der Waals surface area contributed by atoms with Gasteiger partial charge in [-0.3, -0.25) is 4.79 Å². The van der Waals surface area contributed by atoms with Crippen molar-refractivity contribution in [3.05, 3.63) is 58.6 Å². The van der Waals surface area contributed by atoms with Crippen LogP contribution in [0.4, 0.5) is 5.69 Å². The van der Waals surface area contributed by atoms with E-state index in [4.69, 9.17) is 11.6 Å². The van der Waals surface area contributed by atoms with Gasteiger partial charge in [0, 0.05) is 12.2 Å². The molecule has 4 nitrogen and oxygen atoms in total. The van der Waals surface area contributed by atoms with E-state index in [1.165, 1.54) is 23.3 Å². The molecule has 1 aliphatic heterocycles. The number of halogens is 1. The molecule has 0 bridgehead atoms. The van der Waals surface area contributed by atoms with Crippen LogP contribution < -0.4 is 10.6 Å². The van der Waals surface area contributed by atoms with Gasteiger partial charge in [0.1, 0.15) is 5.75 Å². The van der Waals surface area contributed by atoms with Crippen LogP contribution in [0.3, 0.4) is 0 Å². The van der Waals surface area contributed by atoms with Crippen molar-refractivity contribution in [2.75, 3.05) is 5.32 Å². The molecule has 21 heavy (non-hydrogen) atoms. The average molecular weight is 303 g/mol. The molecule has 5 heteroatoms. The molecule has 0 aromatic heterocycles. The normalized spacial score (nSPS) is 17.1. The van der Waals surface area contributed by atoms with Crippen molar-refractivity contribution >= 4 is 23.2 Å². The summed E-state index contributed by atoms with van der Waals surface area (Å²) in [4.78, 5) is 12.3. The van der Waals surface area contributed by atoms with Gasteiger partial charge >= 0.3 is 0 Å². The highest BCUT2D eigenvalue weighted by molar-refractivity contribution is 6.32. The predicted molar refractivity (Wildman–Crippen MR) is 82.5 cm³/mol. The van der Waals surface area contributed by atoms with Gasteiger partial charge in [0.2, 0.25) is 5.91 Å². The molecule has 0 spiro atoms. The number of rotatable bonds is 2. The summed E-state index contributed by atoms with van der Waals surface area (Å²) in [6.07, 6.45) is 0.661. The van der Waals surface area contributed by atoms with Gasteiger partial charge in [0.05, 0.1) is 11.1 Å². The molecule has 108 valence electrons. The highest BCUT2D eigenvalue weighted by Crippen LogP contribution is 2.26. The number of amides is 1. The topological polar surface area (TPSA) is 61.4 Å². The quantitative estimate of drug-likeness (QED) is 0.748. The van der Waals surface area contributed by atoms with E-state index < -0.39 is 0 Å². The summed E-state index contributed by atoms with van der Waals surface area (Å²) in [5.41, 5.74) is 3.00. The number of carbonyl (C=O) groups is 1. The van der Waals surface area contributed by atoms with Crippen molar-refractivity contribution in [3.63, 3.8) is 0 Å². The Balaban J connectivity index is 1.70. The second-order valence-corrected chi connectivity index (χ2v) is 5.47. The van der Waals surface area contributed by atoms with E-state index in [-0.39, 0.29) is 22.7 Å². The monoisotopic (exact) mass is 302 g/mol. The SMILES string of the molecule is O=C(Nc1ccc(O)c(Cl)c1)[C@H]1Cc2ccccc2CN1. The largest absolute Gasteiger partial charge is 0.506 e. The fraction of sp³-hybridized carbons (Fsp3) is 0.188. The number of benzene rings is 2. The summed E-state index contributed by atoms with van der Waals surface area (Å²) >= 11 is 5.83. The lowest BCUT2D eigenvalue weighted by atomic mass is 9.95. The second kappa shape index (κ2) is 5.76. The number of hydrogen-bond donors (Lipinski definition) is 3. The third kappa shape index (κ3) is 3.01. The molecule has 1 atom stereocenters. The van der Waals surface area contributed by atoms with E-state index in [0.29, 0.717) is 18.7 Å². The Bertz CT molecular complexity index is 688. The van der Waals surface area contributed by atoms with E-state index in [1.807, 2.05) is 18.2 Å². The van der Waals surface area contributed by atoms with Gasteiger partial charge in [0.15, 0.2) is 0 Å². The van der Waals surface area contributed by atoms with Crippen LogP contribution in [0.15, 0.2) is 42.5 Å². The van der Waals surface area contributed by atoms with Crippen LogP contribution in [0.2, 0.25) is 5.02 Å². The summed E-state index contributed by atoms with van der Waals surface area (Å²) in [7, 11) is 0. The molecule has 2 aromatic rings. The summed E-state index contributed by atoms with van der Waals surface area (Å²) in [5.74, 6) is -0.106. The molecule has 3 N–H and O–H groups in total. The fourth-order valence-electron chi connectivity index (χ4n) is 2.45. The molecule has 0 saturated heterocycles. The van der Waals surface area contributed by atoms with Gasteiger partial charge in [-0.1, -0.05) is 35.9 Å². The Kier molecular flexibility index (Phi) is 3.82. The van der Waals surface area contributed by atoms with Crippen LogP contribution in [0.1, 0.15) is 11.1 Å². The van der Waals surface area contributed by atoms with Crippen LogP contribution in [0, 0.1) is 0 Å². The lowest BCUT2D eigenvalue weighted by Gasteiger charge is -2.25. The van der Waals surface area contributed by atoms with Crippen LogP contribution in [-0.2, 0) is 17.8 Å². The van der Waals surface area contributed by atoms with E-state index in [0.717, 1.165) is 0 Å². The first-order valence-electron chi connectivity index (χ1n) is 6.73. The number of anilines is 1. The third-order valence-electron chi connectivity index (χ3n) is 3.61. The molecule has 1 aliphatic rings. The standard InChI is InChI=1S/C16H15ClN2O2/c17-13-8-12(5-6-15(13)20)19-16(21)14-7-10-3-1-2-4-11(10)9-18-14/h1-6,8,14,18,20H,7,9H2,(H,19,21)/t14-/m1/s1. The molecular weight excluding hydrogens is 288 g/mol. The Labute approximate surface area is 127 Å². The Morgan fingerprint density at radius 3 is 2.76 bits per heavy atom. The van der Waals surface area contributed by atoms with Crippen LogP contribution in [-0.4, -0.2) is 17.1 Å². The molecule has 2 aromatic carbocycles. The van der Waals surface area contributed by atoms with Crippen molar-refractivity contribution < 1.29 is 9.90 Å². The van der Waals surface area contributed by atoms with E-state index in [2.05, 4.69) is 16.7 Å². The van der Waals surface area contributed by atoms with Gasteiger partial charge in [-0.05, 0) is 35.7 Å². The maximum Gasteiger partial charge on any atom is 0.241 e. The van der Waals surface area contributed by atoms with Crippen LogP contribution in [0.5, 0.6) is 5.75 Å². The van der Waals surface area contributed by atoms with Crippen molar-refractivity contribution in [1.29, 1.82) is 0 Å². The molecular formula is C16H15ClN2O2. The summed E-state index contributed by atoms with van der Waals surface area (Å²) < 4.78 is 0. The Morgan fingerprint density at radius 1 is 1.24 bits per heavy atom. The number of hydrogen-bond acceptors (Lipinski definition) is 3. The van der Waals surface area contributed by atoms with Crippen LogP contribution in [0.25, 0.3) is 0 Å². The molecule has 3 rings (SSSR count). The lowest BCUT2D eigenvalue weighted by molar-refractivity contribution is -0.118. The molecule has 1 amide bonds. The first-order valence-corrected chi connectivity index (χ1v) is 7.11. The highest BCUT2D eigenvalue weighted by Gasteiger charge is 2.23. The van der Waals surface area contributed by atoms with E-state index >= 15 is 0 Å². The maximum atomic E-state index is 12.3. The summed E-state index contributed by atoms with van der Waals surface area (Å²) in [5, 5.41) is 15.6. The minimum Gasteiger partial charge on any atom is -0.506 e.